The molecule has 0 bridgehead atoms. The van der Waals surface area contributed by atoms with Gasteiger partial charge in [-0.05, 0) is 26.2 Å². The average molecular weight is 196 g/mol. The molecule has 1 heterocycles. The van der Waals surface area contributed by atoms with E-state index in [1.165, 1.54) is 25.7 Å². The Hall–Kier alpha value is -0.570. The van der Waals surface area contributed by atoms with Crippen LogP contribution in [0.15, 0.2) is 0 Å². The smallest absolute Gasteiger partial charge is 0.239 e. The molecule has 0 aromatic heterocycles. The summed E-state index contributed by atoms with van der Waals surface area (Å²) in [7, 11) is 1.89. The zero-order chi connectivity index (χ0) is 10.2. The van der Waals surface area contributed by atoms with Crippen molar-refractivity contribution in [3.63, 3.8) is 0 Å². The molecule has 3 heteroatoms. The fourth-order valence-corrected chi connectivity index (χ4v) is 2.68. The largest absolute Gasteiger partial charge is 0.344 e. The van der Waals surface area contributed by atoms with Crippen LogP contribution in [-0.4, -0.2) is 36.0 Å². The van der Waals surface area contributed by atoms with Gasteiger partial charge in [-0.2, -0.15) is 0 Å². The Morgan fingerprint density at radius 3 is 2.57 bits per heavy atom. The van der Waals surface area contributed by atoms with Crippen LogP contribution in [0.5, 0.6) is 0 Å². The lowest BCUT2D eigenvalue weighted by atomic mass is 9.99. The summed E-state index contributed by atoms with van der Waals surface area (Å²) in [6.07, 6.45) is 6.03. The van der Waals surface area contributed by atoms with Crippen LogP contribution >= 0.6 is 0 Å². The molecule has 80 valence electrons. The highest BCUT2D eigenvalue weighted by Crippen LogP contribution is 2.30. The Morgan fingerprint density at radius 1 is 1.43 bits per heavy atom. The van der Waals surface area contributed by atoms with Gasteiger partial charge in [0, 0.05) is 19.1 Å². The van der Waals surface area contributed by atoms with Gasteiger partial charge >= 0.3 is 0 Å². The molecule has 0 aromatic carbocycles. The molecule has 0 aromatic rings. The van der Waals surface area contributed by atoms with Gasteiger partial charge in [0.15, 0.2) is 0 Å². The van der Waals surface area contributed by atoms with E-state index in [0.29, 0.717) is 0 Å². The summed E-state index contributed by atoms with van der Waals surface area (Å²) < 4.78 is 0. The van der Waals surface area contributed by atoms with Crippen LogP contribution in [-0.2, 0) is 4.79 Å². The van der Waals surface area contributed by atoms with E-state index in [1.807, 2.05) is 11.9 Å². The number of likely N-dealkylation sites (N-methyl/N-ethyl adjacent to an activating group) is 1. The van der Waals surface area contributed by atoms with Crippen LogP contribution in [0, 0.1) is 0 Å². The summed E-state index contributed by atoms with van der Waals surface area (Å²) >= 11 is 0. The minimum Gasteiger partial charge on any atom is -0.344 e. The van der Waals surface area contributed by atoms with Crippen molar-refractivity contribution < 1.29 is 4.79 Å². The Bertz CT molecular complexity index is 233. The lowest BCUT2D eigenvalue weighted by Gasteiger charge is -2.28. The van der Waals surface area contributed by atoms with E-state index in [9.17, 15) is 4.79 Å². The van der Waals surface area contributed by atoms with Crippen molar-refractivity contribution in [3.05, 3.63) is 0 Å². The average Bonchev–Trinajstić information content (AvgIpc) is 2.68. The molecule has 2 aliphatic rings. The Morgan fingerprint density at radius 2 is 2.07 bits per heavy atom. The first kappa shape index (κ1) is 9.97. The second-order valence-corrected chi connectivity index (χ2v) is 5.01. The highest BCUT2D eigenvalue weighted by molar-refractivity contribution is 5.83. The van der Waals surface area contributed by atoms with Crippen molar-refractivity contribution in [2.45, 2.75) is 50.6 Å². The molecule has 2 rings (SSSR count). The second-order valence-electron chi connectivity index (χ2n) is 5.01. The van der Waals surface area contributed by atoms with Gasteiger partial charge in [0.05, 0.1) is 6.04 Å². The van der Waals surface area contributed by atoms with Crippen molar-refractivity contribution in [3.8, 4) is 0 Å². The molecule has 14 heavy (non-hydrogen) atoms. The summed E-state index contributed by atoms with van der Waals surface area (Å²) in [6, 6.07) is 0.0862. The topological polar surface area (TPSA) is 32.3 Å². The predicted molar refractivity (Wildman–Crippen MR) is 56.1 cm³/mol. The number of hydrogen-bond acceptors (Lipinski definition) is 2. The Kier molecular flexibility index (Phi) is 2.52. The summed E-state index contributed by atoms with van der Waals surface area (Å²) in [5, 5.41) is 3.54. The number of nitrogens with one attached hydrogen (secondary N) is 1. The van der Waals surface area contributed by atoms with Gasteiger partial charge in [0.25, 0.3) is 0 Å². The van der Waals surface area contributed by atoms with Crippen LogP contribution in [0.3, 0.4) is 0 Å². The van der Waals surface area contributed by atoms with E-state index in [1.54, 1.807) is 0 Å². The van der Waals surface area contributed by atoms with Crippen molar-refractivity contribution in [2.75, 3.05) is 13.6 Å². The van der Waals surface area contributed by atoms with E-state index >= 15 is 0 Å². The quantitative estimate of drug-likeness (QED) is 0.718. The first-order valence-electron chi connectivity index (χ1n) is 5.63. The summed E-state index contributed by atoms with van der Waals surface area (Å²) in [6.45, 7) is 3.16. The molecule has 0 spiro atoms. The first-order chi connectivity index (χ1) is 6.61. The van der Waals surface area contributed by atoms with Crippen LogP contribution in [0.2, 0.25) is 0 Å². The fourth-order valence-electron chi connectivity index (χ4n) is 2.68. The number of rotatable bonds is 2. The second kappa shape index (κ2) is 3.54. The van der Waals surface area contributed by atoms with E-state index < -0.39 is 0 Å². The van der Waals surface area contributed by atoms with Gasteiger partial charge in [-0.15, -0.1) is 0 Å². The maximum absolute atomic E-state index is 11.7. The molecule has 2 fully saturated rings. The number of carbonyl (C=O) groups is 1. The van der Waals surface area contributed by atoms with Gasteiger partial charge in [-0.3, -0.25) is 4.79 Å². The minimum absolute atomic E-state index is 0.0862. The van der Waals surface area contributed by atoms with Gasteiger partial charge < -0.3 is 10.2 Å². The minimum atomic E-state index is 0.0862. The lowest BCUT2D eigenvalue weighted by Crippen LogP contribution is -2.49. The molecular weight excluding hydrogens is 176 g/mol. The highest BCUT2D eigenvalue weighted by atomic mass is 16.2. The third kappa shape index (κ3) is 1.78. The Labute approximate surface area is 85.8 Å². The van der Waals surface area contributed by atoms with Gasteiger partial charge in [0.1, 0.15) is 0 Å². The van der Waals surface area contributed by atoms with Crippen molar-refractivity contribution in [2.24, 2.45) is 0 Å². The third-order valence-corrected chi connectivity index (χ3v) is 3.66. The van der Waals surface area contributed by atoms with Crippen molar-refractivity contribution in [1.82, 2.24) is 10.2 Å². The number of nitrogens with zero attached hydrogens (tertiary/aromatic N) is 1. The maximum Gasteiger partial charge on any atom is 0.239 e. The molecule has 1 saturated carbocycles. The summed E-state index contributed by atoms with van der Waals surface area (Å²) in [5.74, 6) is 0.276. The third-order valence-electron chi connectivity index (χ3n) is 3.66. The highest BCUT2D eigenvalue weighted by Gasteiger charge is 2.36. The van der Waals surface area contributed by atoms with E-state index in [-0.39, 0.29) is 17.5 Å². The molecule has 1 N–H and O–H groups in total. The SMILES string of the molecule is CN1CCC(NC2(C)CCCC2)C1=O. The summed E-state index contributed by atoms with van der Waals surface area (Å²) in [4.78, 5) is 13.5. The van der Waals surface area contributed by atoms with E-state index in [0.717, 1.165) is 13.0 Å². The van der Waals surface area contributed by atoms with Crippen LogP contribution in [0.25, 0.3) is 0 Å². The fraction of sp³-hybridized carbons (Fsp3) is 0.909. The molecule has 1 atom stereocenters. The molecule has 1 aliphatic heterocycles. The van der Waals surface area contributed by atoms with Crippen LogP contribution in [0.4, 0.5) is 0 Å². The first-order valence-corrected chi connectivity index (χ1v) is 5.63. The van der Waals surface area contributed by atoms with Gasteiger partial charge in [-0.25, -0.2) is 0 Å². The zero-order valence-electron chi connectivity index (χ0n) is 9.18. The lowest BCUT2D eigenvalue weighted by molar-refractivity contribution is -0.128. The monoisotopic (exact) mass is 196 g/mol. The maximum atomic E-state index is 11.7. The standard InChI is InChI=1S/C11H20N2O/c1-11(6-3-4-7-11)12-9-5-8-13(2)10(9)14/h9,12H,3-8H2,1-2H3. The van der Waals surface area contributed by atoms with Crippen molar-refractivity contribution >= 4 is 5.91 Å². The number of amides is 1. The molecular formula is C11H20N2O. The normalized spacial score (nSPS) is 31.4. The molecule has 1 amide bonds. The van der Waals surface area contributed by atoms with Crippen LogP contribution in [0.1, 0.15) is 39.0 Å². The summed E-state index contributed by atoms with van der Waals surface area (Å²) in [5.41, 5.74) is 0.228. The predicted octanol–water partition coefficient (Wildman–Crippen LogP) is 1.14. The number of hydrogen-bond donors (Lipinski definition) is 1. The Balaban J connectivity index is 1.94. The van der Waals surface area contributed by atoms with E-state index in [2.05, 4.69) is 12.2 Å². The molecule has 3 nitrogen and oxygen atoms in total. The van der Waals surface area contributed by atoms with Crippen molar-refractivity contribution in [1.29, 1.82) is 0 Å². The zero-order valence-corrected chi connectivity index (χ0v) is 9.18. The molecule has 1 aliphatic carbocycles. The van der Waals surface area contributed by atoms with E-state index in [4.69, 9.17) is 0 Å². The van der Waals surface area contributed by atoms with Gasteiger partial charge in [-0.1, -0.05) is 12.8 Å². The molecule has 0 radical (unpaired) electrons. The van der Waals surface area contributed by atoms with Crippen LogP contribution < -0.4 is 5.32 Å². The molecule has 1 unspecified atom stereocenters. The molecule has 1 saturated heterocycles. The number of carbonyl (C=O) groups excluding carboxylic acids is 1. The number of likely N-dealkylation sites (tertiary alicyclic amines) is 1. The van der Waals surface area contributed by atoms with Gasteiger partial charge in [0.2, 0.25) is 5.91 Å².